The molecule has 0 saturated carbocycles. The zero-order valence-corrected chi connectivity index (χ0v) is 14.6. The molecule has 0 aliphatic heterocycles. The van der Waals surface area contributed by atoms with E-state index < -0.39 is 0 Å². The van der Waals surface area contributed by atoms with E-state index in [-0.39, 0.29) is 5.92 Å². The molecule has 4 heteroatoms. The summed E-state index contributed by atoms with van der Waals surface area (Å²) in [6, 6.07) is 14.1. The summed E-state index contributed by atoms with van der Waals surface area (Å²) in [5, 5.41) is 2.65. The molecule has 0 spiro atoms. The highest BCUT2D eigenvalue weighted by atomic mass is 35.5. The molecule has 0 fully saturated rings. The summed E-state index contributed by atoms with van der Waals surface area (Å²) in [6.07, 6.45) is 3.05. The maximum atomic E-state index is 6.37. The van der Waals surface area contributed by atoms with Gasteiger partial charge in [-0.25, -0.2) is 0 Å². The number of rotatable bonds is 5. The van der Waals surface area contributed by atoms with Crippen molar-refractivity contribution < 1.29 is 0 Å². The van der Waals surface area contributed by atoms with Crippen molar-refractivity contribution in [3.05, 3.63) is 69.8 Å². The topological polar surface area (TPSA) is 30.9 Å². The minimum Gasteiger partial charge on any atom is -0.347 e. The van der Waals surface area contributed by atoms with Gasteiger partial charge in [-0.2, -0.15) is 0 Å². The van der Waals surface area contributed by atoms with Crippen molar-refractivity contribution in [1.29, 1.82) is 0 Å². The number of aromatic nitrogens is 1. The number of fused-ring (bicyclic) bond motifs is 1. The van der Waals surface area contributed by atoms with Crippen LogP contribution in [0.2, 0.25) is 10.0 Å². The Balaban J connectivity index is 2.03. The molecule has 0 aliphatic rings. The van der Waals surface area contributed by atoms with Crippen LogP contribution in [-0.4, -0.2) is 11.1 Å². The Bertz CT molecular complexity index is 803. The van der Waals surface area contributed by atoms with Crippen LogP contribution in [0.25, 0.3) is 10.9 Å². The van der Waals surface area contributed by atoms with E-state index in [1.807, 2.05) is 18.2 Å². The third kappa shape index (κ3) is 3.12. The van der Waals surface area contributed by atoms with Crippen LogP contribution in [0.5, 0.6) is 0 Å². The number of aryl methyl sites for hydroxylation is 1. The lowest BCUT2D eigenvalue weighted by atomic mass is 9.91. The van der Waals surface area contributed by atoms with Gasteiger partial charge in [-0.15, -0.1) is 0 Å². The van der Waals surface area contributed by atoms with Crippen molar-refractivity contribution in [2.75, 3.05) is 6.54 Å². The summed E-state index contributed by atoms with van der Waals surface area (Å²) in [4.78, 5) is 0. The van der Waals surface area contributed by atoms with Crippen LogP contribution >= 0.6 is 23.2 Å². The Morgan fingerprint density at radius 3 is 2.39 bits per heavy atom. The SMILES string of the molecule is CCn1cc(CC(CN)c2c(Cl)cccc2Cl)c2ccccc21. The van der Waals surface area contributed by atoms with Gasteiger partial charge >= 0.3 is 0 Å². The number of nitrogens with two attached hydrogens (primary N) is 1. The fraction of sp³-hybridized carbons (Fsp3) is 0.263. The molecule has 120 valence electrons. The lowest BCUT2D eigenvalue weighted by Crippen LogP contribution is -2.16. The highest BCUT2D eigenvalue weighted by Crippen LogP contribution is 2.34. The van der Waals surface area contributed by atoms with Gasteiger partial charge < -0.3 is 10.3 Å². The van der Waals surface area contributed by atoms with Crippen molar-refractivity contribution in [2.24, 2.45) is 5.73 Å². The van der Waals surface area contributed by atoms with Crippen molar-refractivity contribution in [1.82, 2.24) is 4.57 Å². The van der Waals surface area contributed by atoms with Gasteiger partial charge in [-0.1, -0.05) is 47.5 Å². The standard InChI is InChI=1S/C19H20Cl2N2/c1-2-23-12-14(15-6-3-4-9-18(15)23)10-13(11-22)19-16(20)7-5-8-17(19)21/h3-9,12-13H,2,10-11,22H2,1H3. The van der Waals surface area contributed by atoms with Crippen LogP contribution in [0.15, 0.2) is 48.7 Å². The highest BCUT2D eigenvalue weighted by molar-refractivity contribution is 6.36. The molecule has 0 amide bonds. The molecule has 3 aromatic rings. The zero-order valence-electron chi connectivity index (χ0n) is 13.1. The molecular formula is C19H20Cl2N2. The molecule has 2 N–H and O–H groups in total. The molecule has 1 heterocycles. The van der Waals surface area contributed by atoms with E-state index in [1.165, 1.54) is 16.5 Å². The second kappa shape index (κ2) is 6.96. The molecule has 1 aromatic heterocycles. The third-order valence-electron chi connectivity index (χ3n) is 4.37. The van der Waals surface area contributed by atoms with Gasteiger partial charge in [0.2, 0.25) is 0 Å². The largest absolute Gasteiger partial charge is 0.347 e. The molecular weight excluding hydrogens is 327 g/mol. The lowest BCUT2D eigenvalue weighted by molar-refractivity contribution is 0.692. The first-order valence-electron chi connectivity index (χ1n) is 7.86. The Hall–Kier alpha value is -1.48. The van der Waals surface area contributed by atoms with Crippen molar-refractivity contribution in [2.45, 2.75) is 25.8 Å². The lowest BCUT2D eigenvalue weighted by Gasteiger charge is -2.18. The minimum absolute atomic E-state index is 0.104. The Kier molecular flexibility index (Phi) is 4.96. The van der Waals surface area contributed by atoms with Crippen LogP contribution in [0, 0.1) is 0 Å². The average molecular weight is 347 g/mol. The first-order chi connectivity index (χ1) is 11.2. The Morgan fingerprint density at radius 2 is 1.74 bits per heavy atom. The fourth-order valence-corrected chi connectivity index (χ4v) is 3.92. The van der Waals surface area contributed by atoms with Gasteiger partial charge in [-0.3, -0.25) is 0 Å². The third-order valence-corrected chi connectivity index (χ3v) is 5.03. The molecule has 23 heavy (non-hydrogen) atoms. The summed E-state index contributed by atoms with van der Waals surface area (Å²) in [7, 11) is 0. The predicted molar refractivity (Wildman–Crippen MR) is 99.6 cm³/mol. The van der Waals surface area contributed by atoms with Crippen molar-refractivity contribution in [3.8, 4) is 0 Å². The fourth-order valence-electron chi connectivity index (χ4n) is 3.22. The van der Waals surface area contributed by atoms with Gasteiger partial charge in [0.1, 0.15) is 0 Å². The number of para-hydroxylation sites is 1. The molecule has 0 bridgehead atoms. The second-order valence-electron chi connectivity index (χ2n) is 5.73. The van der Waals surface area contributed by atoms with E-state index in [1.54, 1.807) is 0 Å². The molecule has 0 aliphatic carbocycles. The quantitative estimate of drug-likeness (QED) is 0.671. The monoisotopic (exact) mass is 346 g/mol. The molecule has 3 rings (SSSR count). The summed E-state index contributed by atoms with van der Waals surface area (Å²) in [6.45, 7) is 3.61. The Labute approximate surface area is 146 Å². The van der Waals surface area contributed by atoms with Crippen LogP contribution in [-0.2, 0) is 13.0 Å². The molecule has 2 aromatic carbocycles. The second-order valence-corrected chi connectivity index (χ2v) is 6.54. The number of nitrogens with zero attached hydrogens (tertiary/aromatic N) is 1. The Morgan fingerprint density at radius 1 is 1.04 bits per heavy atom. The summed E-state index contributed by atoms with van der Waals surface area (Å²) >= 11 is 12.7. The highest BCUT2D eigenvalue weighted by Gasteiger charge is 2.19. The van der Waals surface area contributed by atoms with Crippen molar-refractivity contribution >= 4 is 34.1 Å². The van der Waals surface area contributed by atoms with E-state index in [2.05, 4.69) is 42.0 Å². The van der Waals surface area contributed by atoms with Gasteiger partial charge in [0, 0.05) is 39.6 Å². The predicted octanol–water partition coefficient (Wildman–Crippen LogP) is 5.25. The molecule has 2 nitrogen and oxygen atoms in total. The first kappa shape index (κ1) is 16.4. The number of halogens is 2. The van der Waals surface area contributed by atoms with Crippen LogP contribution in [0.1, 0.15) is 24.0 Å². The van der Waals surface area contributed by atoms with Crippen LogP contribution in [0.4, 0.5) is 0 Å². The summed E-state index contributed by atoms with van der Waals surface area (Å²) in [5.74, 6) is 0.104. The van der Waals surface area contributed by atoms with E-state index in [0.717, 1.165) is 18.5 Å². The van der Waals surface area contributed by atoms with Gasteiger partial charge in [0.05, 0.1) is 0 Å². The normalized spacial score (nSPS) is 12.7. The molecule has 0 saturated heterocycles. The van der Waals surface area contributed by atoms with Crippen LogP contribution in [0.3, 0.4) is 0 Å². The first-order valence-corrected chi connectivity index (χ1v) is 8.62. The van der Waals surface area contributed by atoms with Gasteiger partial charge in [0.15, 0.2) is 0 Å². The average Bonchev–Trinajstić information content (AvgIpc) is 2.91. The van der Waals surface area contributed by atoms with E-state index in [9.17, 15) is 0 Å². The molecule has 0 radical (unpaired) electrons. The smallest absolute Gasteiger partial charge is 0.0483 e. The maximum Gasteiger partial charge on any atom is 0.0483 e. The number of benzene rings is 2. The number of hydrogen-bond donors (Lipinski definition) is 1. The van der Waals surface area contributed by atoms with E-state index >= 15 is 0 Å². The van der Waals surface area contributed by atoms with Crippen molar-refractivity contribution in [3.63, 3.8) is 0 Å². The summed E-state index contributed by atoms with van der Waals surface area (Å²) in [5.41, 5.74) is 9.54. The zero-order chi connectivity index (χ0) is 16.4. The maximum absolute atomic E-state index is 6.37. The summed E-state index contributed by atoms with van der Waals surface area (Å²) < 4.78 is 2.27. The van der Waals surface area contributed by atoms with E-state index in [4.69, 9.17) is 28.9 Å². The molecule has 1 unspecified atom stereocenters. The van der Waals surface area contributed by atoms with Gasteiger partial charge in [0.25, 0.3) is 0 Å². The van der Waals surface area contributed by atoms with Gasteiger partial charge in [-0.05, 0) is 49.2 Å². The number of hydrogen-bond acceptors (Lipinski definition) is 1. The van der Waals surface area contributed by atoms with Crippen LogP contribution < -0.4 is 5.73 Å². The van der Waals surface area contributed by atoms with E-state index in [0.29, 0.717) is 16.6 Å². The minimum atomic E-state index is 0.104. The molecule has 1 atom stereocenters.